The highest BCUT2D eigenvalue weighted by atomic mass is 127. The Bertz CT molecular complexity index is 1180. The van der Waals surface area contributed by atoms with Crippen molar-refractivity contribution in [3.8, 4) is 5.75 Å². The van der Waals surface area contributed by atoms with Gasteiger partial charge in [-0.25, -0.2) is 8.42 Å². The molecule has 6 nitrogen and oxygen atoms in total. The lowest BCUT2D eigenvalue weighted by Gasteiger charge is -2.24. The van der Waals surface area contributed by atoms with E-state index in [0.29, 0.717) is 12.2 Å². The van der Waals surface area contributed by atoms with Crippen LogP contribution in [0.3, 0.4) is 0 Å². The highest BCUT2D eigenvalue weighted by Gasteiger charge is 2.26. The normalized spacial score (nSPS) is 11.3. The topological polar surface area (TPSA) is 75.7 Å². The van der Waals surface area contributed by atoms with E-state index in [-0.39, 0.29) is 23.5 Å². The fourth-order valence-electron chi connectivity index (χ4n) is 3.40. The summed E-state index contributed by atoms with van der Waals surface area (Å²) in [6, 6.07) is 23.1. The van der Waals surface area contributed by atoms with E-state index in [0.717, 1.165) is 32.0 Å². The Labute approximate surface area is 215 Å². The summed E-state index contributed by atoms with van der Waals surface area (Å²) in [6.07, 6.45) is 1.61. The molecule has 1 N–H and O–H groups in total. The van der Waals surface area contributed by atoms with Crippen LogP contribution in [0, 0.1) is 3.57 Å². The number of ether oxygens (including phenoxy) is 1. The highest BCUT2D eigenvalue weighted by molar-refractivity contribution is 14.1. The molecule has 0 saturated carbocycles. The predicted octanol–water partition coefficient (Wildman–Crippen LogP) is 5.02. The molecule has 3 aromatic carbocycles. The average molecular weight is 592 g/mol. The van der Waals surface area contributed by atoms with Crippen molar-refractivity contribution in [2.45, 2.75) is 37.7 Å². The molecule has 0 aliphatic carbocycles. The van der Waals surface area contributed by atoms with E-state index in [1.807, 2.05) is 50.2 Å². The minimum atomic E-state index is -3.89. The Hall–Kier alpha value is -2.59. The Balaban J connectivity index is 1.63. The fraction of sp³-hybridized carbons (Fsp3) is 0.269. The minimum absolute atomic E-state index is 0.109. The molecule has 34 heavy (non-hydrogen) atoms. The van der Waals surface area contributed by atoms with Crippen LogP contribution in [0.5, 0.6) is 5.75 Å². The van der Waals surface area contributed by atoms with Crippen LogP contribution in [0.1, 0.15) is 25.8 Å². The third-order valence-electron chi connectivity index (χ3n) is 4.97. The van der Waals surface area contributed by atoms with Crippen molar-refractivity contribution in [2.24, 2.45) is 0 Å². The maximum atomic E-state index is 13.3. The first-order chi connectivity index (χ1) is 16.3. The Morgan fingerprint density at radius 1 is 1.00 bits per heavy atom. The van der Waals surface area contributed by atoms with Crippen LogP contribution in [0.15, 0.2) is 83.8 Å². The zero-order valence-electron chi connectivity index (χ0n) is 19.3. The molecule has 0 atom stereocenters. The summed E-state index contributed by atoms with van der Waals surface area (Å²) in [5.41, 5.74) is 1.57. The van der Waals surface area contributed by atoms with E-state index in [2.05, 4.69) is 27.9 Å². The highest BCUT2D eigenvalue weighted by Crippen LogP contribution is 2.24. The van der Waals surface area contributed by atoms with Crippen LogP contribution in [0.2, 0.25) is 0 Å². The summed E-state index contributed by atoms with van der Waals surface area (Å²) in [5.74, 6) is 0.478. The zero-order chi connectivity index (χ0) is 24.6. The van der Waals surface area contributed by atoms with Crippen molar-refractivity contribution in [3.63, 3.8) is 0 Å². The minimum Gasteiger partial charge on any atom is -0.491 e. The van der Waals surface area contributed by atoms with E-state index in [9.17, 15) is 13.2 Å². The second-order valence-corrected chi connectivity index (χ2v) is 11.2. The second kappa shape index (κ2) is 12.2. The van der Waals surface area contributed by atoms with E-state index in [1.54, 1.807) is 30.3 Å². The van der Waals surface area contributed by atoms with Gasteiger partial charge >= 0.3 is 0 Å². The second-order valence-electron chi connectivity index (χ2n) is 8.07. The Morgan fingerprint density at radius 2 is 1.71 bits per heavy atom. The number of carbonyl (C=O) groups excluding carboxylic acids is 1. The molecular weight excluding hydrogens is 563 g/mol. The molecule has 0 aliphatic heterocycles. The van der Waals surface area contributed by atoms with Gasteiger partial charge in [0.1, 0.15) is 12.3 Å². The Morgan fingerprint density at radius 3 is 2.38 bits per heavy atom. The number of sulfonamides is 1. The van der Waals surface area contributed by atoms with Gasteiger partial charge in [-0.05, 0) is 103 Å². The lowest BCUT2D eigenvalue weighted by Crippen LogP contribution is -2.41. The number of halogens is 1. The van der Waals surface area contributed by atoms with Crippen LogP contribution in [0.25, 0.3) is 0 Å². The third-order valence-corrected chi connectivity index (χ3v) is 7.47. The van der Waals surface area contributed by atoms with Gasteiger partial charge < -0.3 is 10.1 Å². The number of benzene rings is 3. The quantitative estimate of drug-likeness (QED) is 0.251. The first-order valence-corrected chi connectivity index (χ1v) is 13.6. The van der Waals surface area contributed by atoms with Crippen molar-refractivity contribution >= 4 is 44.2 Å². The average Bonchev–Trinajstić information content (AvgIpc) is 2.81. The molecule has 8 heteroatoms. The fourth-order valence-corrected chi connectivity index (χ4v) is 5.20. The molecule has 0 unspecified atom stereocenters. The predicted molar refractivity (Wildman–Crippen MR) is 144 cm³/mol. The van der Waals surface area contributed by atoms with Crippen LogP contribution in [-0.4, -0.2) is 33.5 Å². The summed E-state index contributed by atoms with van der Waals surface area (Å²) in [7, 11) is -3.89. The number of hydrogen-bond donors (Lipinski definition) is 1. The molecule has 3 aromatic rings. The number of amides is 1. The molecule has 0 aliphatic rings. The van der Waals surface area contributed by atoms with E-state index < -0.39 is 10.0 Å². The van der Waals surface area contributed by atoms with Crippen molar-refractivity contribution in [1.82, 2.24) is 5.32 Å². The molecule has 0 saturated heterocycles. The third kappa shape index (κ3) is 7.46. The molecule has 180 valence electrons. The van der Waals surface area contributed by atoms with Gasteiger partial charge in [0.15, 0.2) is 0 Å². The zero-order valence-corrected chi connectivity index (χ0v) is 22.3. The molecule has 0 spiro atoms. The van der Waals surface area contributed by atoms with E-state index in [1.165, 1.54) is 12.1 Å². The molecule has 0 aromatic heterocycles. The van der Waals surface area contributed by atoms with E-state index in [4.69, 9.17) is 4.74 Å². The smallest absolute Gasteiger partial charge is 0.264 e. The molecular formula is C26H29IN2O4S. The van der Waals surface area contributed by atoms with Gasteiger partial charge in [-0.1, -0.05) is 30.3 Å². The number of nitrogens with one attached hydrogen (secondary N) is 1. The number of nitrogens with zero attached hydrogens (tertiary/aromatic N) is 1. The SMILES string of the molecule is CC(C)Oc1cccc(CCCNC(=O)CN(c2ccc(I)cc2)S(=O)(=O)c2ccccc2)c1. The first-order valence-electron chi connectivity index (χ1n) is 11.1. The maximum Gasteiger partial charge on any atom is 0.264 e. The van der Waals surface area contributed by atoms with Crippen molar-refractivity contribution in [3.05, 3.63) is 88.0 Å². The van der Waals surface area contributed by atoms with Gasteiger partial charge in [0.2, 0.25) is 5.91 Å². The summed E-state index contributed by atoms with van der Waals surface area (Å²) >= 11 is 2.16. The van der Waals surface area contributed by atoms with Crippen molar-refractivity contribution in [1.29, 1.82) is 0 Å². The maximum absolute atomic E-state index is 13.3. The standard InChI is InChI=1S/C26H29IN2O4S/c1-20(2)33-24-10-6-8-21(18-24)9-7-17-28-26(30)19-29(23-15-13-22(27)14-16-23)34(31,32)25-11-4-3-5-12-25/h3-6,8,10-16,18,20H,7,9,17,19H2,1-2H3,(H,28,30). The molecule has 0 bridgehead atoms. The summed E-state index contributed by atoms with van der Waals surface area (Å²) in [4.78, 5) is 12.9. The number of hydrogen-bond acceptors (Lipinski definition) is 4. The molecule has 3 rings (SSSR count). The van der Waals surface area contributed by atoms with Gasteiger partial charge in [0.05, 0.1) is 16.7 Å². The van der Waals surface area contributed by atoms with Crippen LogP contribution in [-0.2, 0) is 21.2 Å². The Kier molecular flexibility index (Phi) is 9.35. The van der Waals surface area contributed by atoms with Crippen molar-refractivity contribution in [2.75, 3.05) is 17.4 Å². The van der Waals surface area contributed by atoms with Crippen LogP contribution >= 0.6 is 22.6 Å². The first kappa shape index (κ1) is 26.0. The molecule has 1 amide bonds. The van der Waals surface area contributed by atoms with Crippen LogP contribution < -0.4 is 14.4 Å². The lowest BCUT2D eigenvalue weighted by molar-refractivity contribution is -0.119. The lowest BCUT2D eigenvalue weighted by atomic mass is 10.1. The summed E-state index contributed by atoms with van der Waals surface area (Å²) < 4.78 is 34.5. The number of carbonyl (C=O) groups is 1. The number of aryl methyl sites for hydroxylation is 1. The number of anilines is 1. The summed E-state index contributed by atoms with van der Waals surface area (Å²) in [6.45, 7) is 4.12. The van der Waals surface area contributed by atoms with Gasteiger partial charge in [-0.2, -0.15) is 0 Å². The largest absolute Gasteiger partial charge is 0.491 e. The van der Waals surface area contributed by atoms with Gasteiger partial charge in [-0.15, -0.1) is 0 Å². The summed E-state index contributed by atoms with van der Waals surface area (Å²) in [5, 5.41) is 2.86. The van der Waals surface area contributed by atoms with E-state index >= 15 is 0 Å². The van der Waals surface area contributed by atoms with Gasteiger partial charge in [-0.3, -0.25) is 9.10 Å². The van der Waals surface area contributed by atoms with Gasteiger partial charge in [0, 0.05) is 10.1 Å². The van der Waals surface area contributed by atoms with Gasteiger partial charge in [0.25, 0.3) is 10.0 Å². The molecule has 0 heterocycles. The monoisotopic (exact) mass is 592 g/mol. The molecule has 0 fully saturated rings. The molecule has 0 radical (unpaired) electrons. The van der Waals surface area contributed by atoms with Crippen molar-refractivity contribution < 1.29 is 17.9 Å². The number of rotatable bonds is 11. The van der Waals surface area contributed by atoms with Crippen LogP contribution in [0.4, 0.5) is 5.69 Å².